The van der Waals surface area contributed by atoms with Crippen molar-refractivity contribution in [2.45, 2.75) is 39.5 Å². The van der Waals surface area contributed by atoms with Gasteiger partial charge in [-0.15, -0.1) is 6.58 Å². The van der Waals surface area contributed by atoms with Crippen LogP contribution in [0.1, 0.15) is 39.5 Å². The molecule has 16 heavy (non-hydrogen) atoms. The molecule has 0 amide bonds. The van der Waals surface area contributed by atoms with Gasteiger partial charge >= 0.3 is 5.97 Å². The van der Waals surface area contributed by atoms with Crippen molar-refractivity contribution in [1.82, 2.24) is 4.90 Å². The molecule has 0 radical (unpaired) electrons. The minimum Gasteiger partial charge on any atom is -0.465 e. The number of ether oxygens (including phenoxy) is 1. The number of hydrogen-bond acceptors (Lipinski definition) is 3. The van der Waals surface area contributed by atoms with Gasteiger partial charge in [0.05, 0.1) is 13.2 Å². The maximum absolute atomic E-state index is 11.3. The van der Waals surface area contributed by atoms with Crippen molar-refractivity contribution >= 4 is 5.97 Å². The highest BCUT2D eigenvalue weighted by molar-refractivity contribution is 5.71. The molecule has 0 aromatic carbocycles. The van der Waals surface area contributed by atoms with Gasteiger partial charge in [0.1, 0.15) is 0 Å². The van der Waals surface area contributed by atoms with Gasteiger partial charge in [-0.25, -0.2) is 0 Å². The molecule has 0 aliphatic carbocycles. The molecule has 0 bridgehead atoms. The largest absolute Gasteiger partial charge is 0.465 e. The van der Waals surface area contributed by atoms with E-state index < -0.39 is 0 Å². The third-order valence-corrected chi connectivity index (χ3v) is 2.49. The summed E-state index contributed by atoms with van der Waals surface area (Å²) in [5.74, 6) is -0.115. The van der Waals surface area contributed by atoms with Crippen molar-refractivity contribution in [2.75, 3.05) is 26.2 Å². The number of rotatable bonds is 10. The number of unbranched alkanes of at least 4 members (excludes halogenated alkanes) is 3. The summed E-state index contributed by atoms with van der Waals surface area (Å²) in [7, 11) is 0. The van der Waals surface area contributed by atoms with E-state index in [1.54, 1.807) is 0 Å². The van der Waals surface area contributed by atoms with Gasteiger partial charge in [-0.2, -0.15) is 0 Å². The van der Waals surface area contributed by atoms with Crippen LogP contribution >= 0.6 is 0 Å². The standard InChI is InChI=1S/C13H25NO2/c1-4-7-8-9-10-11-14(5-2)12-13(15)16-6-3/h4H,1,5-12H2,2-3H3. The van der Waals surface area contributed by atoms with E-state index in [1.807, 2.05) is 13.0 Å². The van der Waals surface area contributed by atoms with Crippen LogP contribution in [0.2, 0.25) is 0 Å². The maximum atomic E-state index is 11.3. The van der Waals surface area contributed by atoms with Crippen molar-refractivity contribution in [1.29, 1.82) is 0 Å². The van der Waals surface area contributed by atoms with Crippen LogP contribution in [0.5, 0.6) is 0 Å². The lowest BCUT2D eigenvalue weighted by atomic mass is 10.2. The third-order valence-electron chi connectivity index (χ3n) is 2.49. The van der Waals surface area contributed by atoms with Crippen LogP contribution < -0.4 is 0 Å². The topological polar surface area (TPSA) is 29.5 Å². The molecule has 0 saturated carbocycles. The Morgan fingerprint density at radius 1 is 1.31 bits per heavy atom. The molecule has 0 saturated heterocycles. The van der Waals surface area contributed by atoms with E-state index in [9.17, 15) is 4.79 Å². The minimum absolute atomic E-state index is 0.115. The molecule has 3 heteroatoms. The second-order valence-corrected chi connectivity index (χ2v) is 3.81. The molecule has 0 aliphatic rings. The number of nitrogens with zero attached hydrogens (tertiary/aromatic N) is 1. The Bertz CT molecular complexity index is 192. The first-order valence-electron chi connectivity index (χ1n) is 6.23. The SMILES string of the molecule is C=CCCCCCN(CC)CC(=O)OCC. The van der Waals surface area contributed by atoms with E-state index in [-0.39, 0.29) is 5.97 Å². The lowest BCUT2D eigenvalue weighted by Crippen LogP contribution is -2.31. The van der Waals surface area contributed by atoms with E-state index in [4.69, 9.17) is 4.74 Å². The van der Waals surface area contributed by atoms with Crippen molar-refractivity contribution in [2.24, 2.45) is 0 Å². The average molecular weight is 227 g/mol. The van der Waals surface area contributed by atoms with Gasteiger partial charge in [-0.05, 0) is 39.3 Å². The Hall–Kier alpha value is -0.830. The number of allylic oxidation sites excluding steroid dienone is 1. The van der Waals surface area contributed by atoms with Gasteiger partial charge < -0.3 is 4.74 Å². The van der Waals surface area contributed by atoms with Crippen LogP contribution in [0.3, 0.4) is 0 Å². The third kappa shape index (κ3) is 8.48. The predicted octanol–water partition coefficient (Wildman–Crippen LogP) is 2.62. The predicted molar refractivity (Wildman–Crippen MR) is 67.4 cm³/mol. The minimum atomic E-state index is -0.115. The van der Waals surface area contributed by atoms with Gasteiger partial charge in [0, 0.05) is 0 Å². The molecule has 0 unspecified atom stereocenters. The molecule has 0 fully saturated rings. The van der Waals surface area contributed by atoms with Crippen LogP contribution in [0.15, 0.2) is 12.7 Å². The van der Waals surface area contributed by atoms with E-state index in [1.165, 1.54) is 12.8 Å². The van der Waals surface area contributed by atoms with Crippen molar-refractivity contribution in [3.05, 3.63) is 12.7 Å². The molecule has 0 spiro atoms. The van der Waals surface area contributed by atoms with Gasteiger partial charge in [0.2, 0.25) is 0 Å². The monoisotopic (exact) mass is 227 g/mol. The molecule has 0 N–H and O–H groups in total. The highest BCUT2D eigenvalue weighted by Gasteiger charge is 2.08. The molecule has 94 valence electrons. The summed E-state index contributed by atoms with van der Waals surface area (Å²) in [5, 5.41) is 0. The highest BCUT2D eigenvalue weighted by Crippen LogP contribution is 2.02. The van der Waals surface area contributed by atoms with E-state index in [0.29, 0.717) is 13.2 Å². The molecular weight excluding hydrogens is 202 g/mol. The number of esters is 1. The number of likely N-dealkylation sites (N-methyl/N-ethyl adjacent to an activating group) is 1. The summed E-state index contributed by atoms with van der Waals surface area (Å²) < 4.78 is 4.93. The summed E-state index contributed by atoms with van der Waals surface area (Å²) in [6, 6.07) is 0. The first-order valence-corrected chi connectivity index (χ1v) is 6.23. The fraction of sp³-hybridized carbons (Fsp3) is 0.769. The zero-order chi connectivity index (χ0) is 12.2. The van der Waals surface area contributed by atoms with Gasteiger partial charge in [0.25, 0.3) is 0 Å². The first-order chi connectivity index (χ1) is 7.74. The van der Waals surface area contributed by atoms with Gasteiger partial charge in [0.15, 0.2) is 0 Å². The first kappa shape index (κ1) is 15.2. The molecule has 0 aromatic heterocycles. The van der Waals surface area contributed by atoms with Crippen molar-refractivity contribution < 1.29 is 9.53 Å². The Labute approximate surface area is 99.5 Å². The normalized spacial score (nSPS) is 10.4. The van der Waals surface area contributed by atoms with Crippen LogP contribution in [0.25, 0.3) is 0 Å². The molecule has 0 aliphatic heterocycles. The van der Waals surface area contributed by atoms with Crippen LogP contribution in [0.4, 0.5) is 0 Å². The molecule has 0 rings (SSSR count). The summed E-state index contributed by atoms with van der Waals surface area (Å²) in [5.41, 5.74) is 0. The van der Waals surface area contributed by atoms with Crippen LogP contribution in [-0.4, -0.2) is 37.1 Å². The fourth-order valence-corrected chi connectivity index (χ4v) is 1.54. The second kappa shape index (κ2) is 10.7. The Balaban J connectivity index is 3.58. The fourth-order valence-electron chi connectivity index (χ4n) is 1.54. The smallest absolute Gasteiger partial charge is 0.320 e. The Kier molecular flexibility index (Phi) is 10.1. The van der Waals surface area contributed by atoms with Gasteiger partial charge in [-0.1, -0.05) is 19.4 Å². The number of carbonyl (C=O) groups excluding carboxylic acids is 1. The Morgan fingerprint density at radius 2 is 2.06 bits per heavy atom. The number of carbonyl (C=O) groups is 1. The van der Waals surface area contributed by atoms with E-state index >= 15 is 0 Å². The van der Waals surface area contributed by atoms with E-state index in [2.05, 4.69) is 18.4 Å². The maximum Gasteiger partial charge on any atom is 0.320 e. The molecule has 3 nitrogen and oxygen atoms in total. The number of hydrogen-bond donors (Lipinski definition) is 0. The van der Waals surface area contributed by atoms with Crippen molar-refractivity contribution in [3.8, 4) is 0 Å². The highest BCUT2D eigenvalue weighted by atomic mass is 16.5. The molecule has 0 heterocycles. The van der Waals surface area contributed by atoms with Crippen LogP contribution in [-0.2, 0) is 9.53 Å². The lowest BCUT2D eigenvalue weighted by Gasteiger charge is -2.18. The summed E-state index contributed by atoms with van der Waals surface area (Å²) in [6.07, 6.45) is 6.58. The Morgan fingerprint density at radius 3 is 2.62 bits per heavy atom. The van der Waals surface area contributed by atoms with E-state index in [0.717, 1.165) is 25.9 Å². The summed E-state index contributed by atoms with van der Waals surface area (Å²) in [4.78, 5) is 13.4. The molecular formula is C13H25NO2. The second-order valence-electron chi connectivity index (χ2n) is 3.81. The van der Waals surface area contributed by atoms with Gasteiger partial charge in [-0.3, -0.25) is 9.69 Å². The average Bonchev–Trinajstić information content (AvgIpc) is 2.27. The quantitative estimate of drug-likeness (QED) is 0.326. The zero-order valence-corrected chi connectivity index (χ0v) is 10.7. The summed E-state index contributed by atoms with van der Waals surface area (Å²) >= 11 is 0. The summed E-state index contributed by atoms with van der Waals surface area (Å²) in [6.45, 7) is 10.4. The zero-order valence-electron chi connectivity index (χ0n) is 10.7. The lowest BCUT2D eigenvalue weighted by molar-refractivity contribution is -0.144. The van der Waals surface area contributed by atoms with Crippen LogP contribution in [0, 0.1) is 0 Å². The van der Waals surface area contributed by atoms with Crippen molar-refractivity contribution in [3.63, 3.8) is 0 Å². The molecule has 0 aromatic rings. The molecule has 0 atom stereocenters.